The highest BCUT2D eigenvalue weighted by molar-refractivity contribution is 6.08. The van der Waals surface area contributed by atoms with Gasteiger partial charge in [-0.05, 0) is 37.6 Å². The summed E-state index contributed by atoms with van der Waals surface area (Å²) in [6.07, 6.45) is -3.74. The van der Waals surface area contributed by atoms with Gasteiger partial charge in [0, 0.05) is 51.5 Å². The Labute approximate surface area is 174 Å². The van der Waals surface area contributed by atoms with Gasteiger partial charge in [-0.25, -0.2) is 4.98 Å². The minimum absolute atomic E-state index is 0. The van der Waals surface area contributed by atoms with Gasteiger partial charge in [0.05, 0.1) is 6.42 Å². The van der Waals surface area contributed by atoms with E-state index < -0.39 is 24.9 Å². The lowest BCUT2D eigenvalue weighted by atomic mass is 10.1. The van der Waals surface area contributed by atoms with Crippen molar-refractivity contribution in [2.45, 2.75) is 32.4 Å². The number of nitrogens with zero attached hydrogens (tertiary/aromatic N) is 4. The number of carbonyl (C=O) groups is 2. The Morgan fingerprint density at radius 3 is 2.63 bits per heavy atom. The van der Waals surface area contributed by atoms with E-state index in [2.05, 4.69) is 9.97 Å². The zero-order valence-electron chi connectivity index (χ0n) is 16.7. The molecule has 30 heavy (non-hydrogen) atoms. The Morgan fingerprint density at radius 2 is 1.90 bits per heavy atom. The zero-order valence-corrected chi connectivity index (χ0v) is 16.7. The highest BCUT2D eigenvalue weighted by Gasteiger charge is 2.29. The molecule has 0 atom stereocenters. The molecule has 0 spiro atoms. The fourth-order valence-electron chi connectivity index (χ4n) is 3.39. The Morgan fingerprint density at radius 1 is 1.10 bits per heavy atom. The van der Waals surface area contributed by atoms with Crippen LogP contribution in [-0.4, -0.2) is 58.9 Å². The number of anilines is 1. The average Bonchev–Trinajstić information content (AvgIpc) is 2.98. The van der Waals surface area contributed by atoms with Crippen molar-refractivity contribution in [1.82, 2.24) is 14.9 Å². The number of amides is 1. The minimum atomic E-state index is -4.34. The Balaban J connectivity index is 0.00000341. The van der Waals surface area contributed by atoms with Crippen LogP contribution in [0.15, 0.2) is 36.5 Å². The SMILES string of the molecule is Cc1ncccc1C(=O)c1cccc(N2CCCN(C(=O)CCC(F)(F)F)CC2)n1.[HH]. The summed E-state index contributed by atoms with van der Waals surface area (Å²) in [6.45, 7) is 3.52. The first-order valence-electron chi connectivity index (χ1n) is 9.77. The Bertz CT molecular complexity index is 923. The zero-order chi connectivity index (χ0) is 21.7. The molecule has 1 saturated heterocycles. The molecule has 0 bridgehead atoms. The van der Waals surface area contributed by atoms with Crippen LogP contribution in [0.2, 0.25) is 0 Å². The third kappa shape index (κ3) is 5.55. The van der Waals surface area contributed by atoms with E-state index in [4.69, 9.17) is 0 Å². The van der Waals surface area contributed by atoms with Crippen LogP contribution < -0.4 is 4.90 Å². The molecule has 162 valence electrons. The Kier molecular flexibility index (Phi) is 6.69. The van der Waals surface area contributed by atoms with Crippen molar-refractivity contribution >= 4 is 17.5 Å². The van der Waals surface area contributed by atoms with Crippen LogP contribution in [0, 0.1) is 6.92 Å². The van der Waals surface area contributed by atoms with E-state index in [1.54, 1.807) is 43.5 Å². The summed E-state index contributed by atoms with van der Waals surface area (Å²) in [6, 6.07) is 8.58. The van der Waals surface area contributed by atoms with Crippen molar-refractivity contribution in [2.75, 3.05) is 31.1 Å². The average molecular weight is 422 g/mol. The molecule has 0 radical (unpaired) electrons. The molecular weight excluding hydrogens is 397 g/mol. The molecule has 0 unspecified atom stereocenters. The number of hydrogen-bond donors (Lipinski definition) is 0. The monoisotopic (exact) mass is 422 g/mol. The molecule has 1 aliphatic rings. The quantitative estimate of drug-likeness (QED) is 0.689. The van der Waals surface area contributed by atoms with Crippen LogP contribution in [0.4, 0.5) is 19.0 Å². The number of aromatic nitrogens is 2. The molecule has 1 aliphatic heterocycles. The number of pyridine rings is 2. The second-order valence-electron chi connectivity index (χ2n) is 7.18. The molecular formula is C21H25F3N4O2. The molecule has 1 fully saturated rings. The van der Waals surface area contributed by atoms with Crippen LogP contribution >= 0.6 is 0 Å². The van der Waals surface area contributed by atoms with E-state index in [-0.39, 0.29) is 7.21 Å². The lowest BCUT2D eigenvalue weighted by molar-refractivity contribution is -0.149. The van der Waals surface area contributed by atoms with Gasteiger partial charge in [0.15, 0.2) is 0 Å². The molecule has 3 heterocycles. The van der Waals surface area contributed by atoms with Gasteiger partial charge in [-0.3, -0.25) is 14.6 Å². The van der Waals surface area contributed by atoms with Crippen LogP contribution in [0.5, 0.6) is 0 Å². The third-order valence-electron chi connectivity index (χ3n) is 5.01. The number of alkyl halides is 3. The largest absolute Gasteiger partial charge is 0.389 e. The second-order valence-corrected chi connectivity index (χ2v) is 7.18. The summed E-state index contributed by atoms with van der Waals surface area (Å²) < 4.78 is 37.1. The van der Waals surface area contributed by atoms with E-state index in [1.807, 2.05) is 4.90 Å². The van der Waals surface area contributed by atoms with Crippen molar-refractivity contribution in [1.29, 1.82) is 0 Å². The van der Waals surface area contributed by atoms with Crippen LogP contribution in [0.1, 0.15) is 42.4 Å². The van der Waals surface area contributed by atoms with E-state index in [0.29, 0.717) is 55.4 Å². The highest BCUT2D eigenvalue weighted by atomic mass is 19.4. The van der Waals surface area contributed by atoms with Gasteiger partial charge in [0.1, 0.15) is 11.5 Å². The first-order valence-corrected chi connectivity index (χ1v) is 9.77. The van der Waals surface area contributed by atoms with Crippen LogP contribution in [-0.2, 0) is 4.79 Å². The number of carbonyl (C=O) groups excluding carboxylic acids is 2. The van der Waals surface area contributed by atoms with Crippen molar-refractivity contribution in [3.05, 3.63) is 53.5 Å². The van der Waals surface area contributed by atoms with E-state index in [1.165, 1.54) is 4.90 Å². The van der Waals surface area contributed by atoms with Gasteiger partial charge in [0.2, 0.25) is 11.7 Å². The lowest BCUT2D eigenvalue weighted by Gasteiger charge is -2.23. The first-order chi connectivity index (χ1) is 14.2. The fraction of sp³-hybridized carbons (Fsp3) is 0.429. The van der Waals surface area contributed by atoms with E-state index >= 15 is 0 Å². The molecule has 0 saturated carbocycles. The van der Waals surface area contributed by atoms with E-state index in [0.717, 1.165) is 0 Å². The summed E-state index contributed by atoms with van der Waals surface area (Å²) in [7, 11) is 0. The van der Waals surface area contributed by atoms with Gasteiger partial charge in [-0.1, -0.05) is 6.07 Å². The number of ketones is 1. The summed E-state index contributed by atoms with van der Waals surface area (Å²) in [5.74, 6) is -0.105. The highest BCUT2D eigenvalue weighted by Crippen LogP contribution is 2.22. The summed E-state index contributed by atoms with van der Waals surface area (Å²) in [4.78, 5) is 37.0. The summed E-state index contributed by atoms with van der Waals surface area (Å²) >= 11 is 0. The third-order valence-corrected chi connectivity index (χ3v) is 5.01. The minimum Gasteiger partial charge on any atom is -0.355 e. The summed E-state index contributed by atoms with van der Waals surface area (Å²) in [5, 5.41) is 0. The second kappa shape index (κ2) is 9.23. The normalized spacial score (nSPS) is 15.1. The number of hydrogen-bond acceptors (Lipinski definition) is 5. The van der Waals surface area contributed by atoms with Gasteiger partial charge in [-0.2, -0.15) is 13.2 Å². The molecule has 1 amide bonds. The maximum absolute atomic E-state index is 12.8. The number of rotatable bonds is 5. The van der Waals surface area contributed by atoms with Gasteiger partial charge in [0.25, 0.3) is 0 Å². The summed E-state index contributed by atoms with van der Waals surface area (Å²) in [5.41, 5.74) is 1.41. The standard InChI is InChI=1S/C21H23F3N4O2.H2/c1-15-16(5-3-10-25-15)20(30)17-6-2-7-18(26-17)27-11-4-12-28(14-13-27)19(29)8-9-21(22,23)24;/h2-3,5-7,10H,4,8-9,11-14H2,1H3;1H. The lowest BCUT2D eigenvalue weighted by Crippen LogP contribution is -2.35. The fourth-order valence-corrected chi connectivity index (χ4v) is 3.39. The maximum Gasteiger partial charge on any atom is 0.389 e. The smallest absolute Gasteiger partial charge is 0.355 e. The van der Waals surface area contributed by atoms with Gasteiger partial charge in [-0.15, -0.1) is 0 Å². The first kappa shape index (κ1) is 21.7. The van der Waals surface area contributed by atoms with Crippen molar-refractivity contribution < 1.29 is 24.2 Å². The molecule has 3 rings (SSSR count). The Hall–Kier alpha value is -2.97. The van der Waals surface area contributed by atoms with Crippen LogP contribution in [0.3, 0.4) is 0 Å². The molecule has 0 aromatic carbocycles. The molecule has 2 aromatic rings. The van der Waals surface area contributed by atoms with Crippen molar-refractivity contribution in [3.8, 4) is 0 Å². The molecule has 2 aromatic heterocycles. The predicted molar refractivity (Wildman–Crippen MR) is 107 cm³/mol. The molecule has 0 aliphatic carbocycles. The number of aryl methyl sites for hydroxylation is 1. The molecule has 0 N–H and O–H groups in total. The molecule has 6 nitrogen and oxygen atoms in total. The number of halogens is 3. The topological polar surface area (TPSA) is 66.4 Å². The van der Waals surface area contributed by atoms with Crippen LogP contribution in [0.25, 0.3) is 0 Å². The van der Waals surface area contributed by atoms with E-state index in [9.17, 15) is 22.8 Å². The van der Waals surface area contributed by atoms with Crippen molar-refractivity contribution in [2.24, 2.45) is 0 Å². The predicted octanol–water partition coefficient (Wildman–Crippen LogP) is 3.64. The van der Waals surface area contributed by atoms with Gasteiger partial charge < -0.3 is 9.80 Å². The van der Waals surface area contributed by atoms with Crippen molar-refractivity contribution in [3.63, 3.8) is 0 Å². The maximum atomic E-state index is 12.8. The molecule has 9 heteroatoms. The van der Waals surface area contributed by atoms with Gasteiger partial charge >= 0.3 is 6.18 Å².